The molecule has 2 N–H and O–H groups in total. The Hall–Kier alpha value is -1.30. The van der Waals surface area contributed by atoms with Gasteiger partial charge in [0.15, 0.2) is 0 Å². The number of carbonyl (C=O) groups excluding carboxylic acids is 2. The molecule has 0 unspecified atom stereocenters. The number of nitrogens with one attached hydrogen (secondary N) is 2. The second-order valence-electron chi connectivity index (χ2n) is 5.52. The van der Waals surface area contributed by atoms with Crippen LogP contribution in [0.3, 0.4) is 0 Å². The van der Waals surface area contributed by atoms with Gasteiger partial charge < -0.3 is 20.3 Å². The fraction of sp³-hybridized carbons (Fsp3) is 0.833. The molecule has 0 radical (unpaired) electrons. The average molecular weight is 257 g/mol. The van der Waals surface area contributed by atoms with Gasteiger partial charge in [0.2, 0.25) is 5.91 Å². The van der Waals surface area contributed by atoms with E-state index in [-0.39, 0.29) is 12.0 Å². The summed E-state index contributed by atoms with van der Waals surface area (Å²) in [4.78, 5) is 23.9. The molecule has 0 saturated carbocycles. The molecule has 1 fully saturated rings. The highest BCUT2D eigenvalue weighted by Crippen LogP contribution is 2.14. The Kier molecular flexibility index (Phi) is 4.95. The maximum absolute atomic E-state index is 11.6. The Morgan fingerprint density at radius 2 is 1.89 bits per heavy atom. The van der Waals surface area contributed by atoms with Crippen molar-refractivity contribution in [3.05, 3.63) is 0 Å². The average Bonchev–Trinajstić information content (AvgIpc) is 2.10. The van der Waals surface area contributed by atoms with Crippen LogP contribution in [0.2, 0.25) is 0 Å². The molecule has 1 saturated heterocycles. The first-order chi connectivity index (χ1) is 8.28. The summed E-state index contributed by atoms with van der Waals surface area (Å²) in [6, 6.07) is 0.297. The number of amides is 2. The summed E-state index contributed by atoms with van der Waals surface area (Å²) in [5.74, 6) is -0.0270. The lowest BCUT2D eigenvalue weighted by Crippen LogP contribution is -2.61. The molecule has 0 aromatic rings. The molecule has 2 amide bonds. The number of nitrogens with zero attached hydrogens (tertiary/aromatic N) is 1. The zero-order chi connectivity index (χ0) is 13.8. The largest absolute Gasteiger partial charge is 0.444 e. The lowest BCUT2D eigenvalue weighted by atomic mass is 10.1. The van der Waals surface area contributed by atoms with Gasteiger partial charge in [-0.3, -0.25) is 4.79 Å². The lowest BCUT2D eigenvalue weighted by molar-refractivity contribution is -0.118. The van der Waals surface area contributed by atoms with Crippen LogP contribution in [0.25, 0.3) is 0 Å². The SMILES string of the molecule is CC(=O)NCCNC1CN(C(=O)OC(C)(C)C)C1. The molecule has 0 atom stereocenters. The molecule has 6 heteroatoms. The maximum atomic E-state index is 11.6. The second-order valence-corrected chi connectivity index (χ2v) is 5.52. The van der Waals surface area contributed by atoms with E-state index >= 15 is 0 Å². The summed E-state index contributed by atoms with van der Waals surface area (Å²) < 4.78 is 5.25. The van der Waals surface area contributed by atoms with Crippen molar-refractivity contribution in [2.24, 2.45) is 0 Å². The van der Waals surface area contributed by atoms with Crippen molar-refractivity contribution in [2.45, 2.75) is 39.3 Å². The number of carbonyl (C=O) groups is 2. The van der Waals surface area contributed by atoms with Gasteiger partial charge in [0.05, 0.1) is 0 Å². The summed E-state index contributed by atoms with van der Waals surface area (Å²) in [6.45, 7) is 9.71. The number of likely N-dealkylation sites (tertiary alicyclic amines) is 1. The molecule has 0 aliphatic carbocycles. The van der Waals surface area contributed by atoms with E-state index in [0.29, 0.717) is 32.2 Å². The predicted octanol–water partition coefficient (Wildman–Crippen LogP) is 0.331. The molecule has 1 aliphatic rings. The van der Waals surface area contributed by atoms with Gasteiger partial charge in [0.25, 0.3) is 0 Å². The van der Waals surface area contributed by atoms with Gasteiger partial charge >= 0.3 is 6.09 Å². The Bertz CT molecular complexity index is 306. The van der Waals surface area contributed by atoms with Crippen LogP contribution in [-0.2, 0) is 9.53 Å². The maximum Gasteiger partial charge on any atom is 0.410 e. The Balaban J connectivity index is 2.09. The molecular formula is C12H23N3O3. The molecule has 1 heterocycles. The van der Waals surface area contributed by atoms with Crippen LogP contribution in [0, 0.1) is 0 Å². The van der Waals surface area contributed by atoms with Crippen LogP contribution in [0.4, 0.5) is 4.79 Å². The van der Waals surface area contributed by atoms with Crippen LogP contribution in [-0.4, -0.2) is 54.7 Å². The standard InChI is InChI=1S/C12H23N3O3/c1-9(16)13-5-6-14-10-7-15(8-10)11(17)18-12(2,3)4/h10,14H,5-8H2,1-4H3,(H,13,16). The monoisotopic (exact) mass is 257 g/mol. The van der Waals surface area contributed by atoms with Crippen LogP contribution in [0.1, 0.15) is 27.7 Å². The van der Waals surface area contributed by atoms with Gasteiger partial charge in [-0.25, -0.2) is 4.79 Å². The van der Waals surface area contributed by atoms with Gasteiger partial charge in [-0.2, -0.15) is 0 Å². The molecular weight excluding hydrogens is 234 g/mol. The van der Waals surface area contributed by atoms with Gasteiger partial charge in [0.1, 0.15) is 5.60 Å². The van der Waals surface area contributed by atoms with E-state index in [0.717, 1.165) is 0 Å². The summed E-state index contributed by atoms with van der Waals surface area (Å²) in [5.41, 5.74) is -0.443. The first kappa shape index (κ1) is 14.8. The lowest BCUT2D eigenvalue weighted by Gasteiger charge is -2.40. The van der Waals surface area contributed by atoms with Crippen LogP contribution >= 0.6 is 0 Å². The van der Waals surface area contributed by atoms with E-state index in [1.165, 1.54) is 6.92 Å². The fourth-order valence-electron chi connectivity index (χ4n) is 1.60. The van der Waals surface area contributed by atoms with E-state index in [9.17, 15) is 9.59 Å². The van der Waals surface area contributed by atoms with Crippen molar-refractivity contribution in [2.75, 3.05) is 26.2 Å². The zero-order valence-electron chi connectivity index (χ0n) is 11.6. The van der Waals surface area contributed by atoms with E-state index < -0.39 is 5.60 Å². The zero-order valence-corrected chi connectivity index (χ0v) is 11.6. The highest BCUT2D eigenvalue weighted by atomic mass is 16.6. The van der Waals surface area contributed by atoms with Crippen molar-refractivity contribution in [3.63, 3.8) is 0 Å². The second kappa shape index (κ2) is 6.04. The van der Waals surface area contributed by atoms with E-state index in [4.69, 9.17) is 4.74 Å². The molecule has 0 bridgehead atoms. The van der Waals surface area contributed by atoms with Gasteiger partial charge in [-0.15, -0.1) is 0 Å². The number of ether oxygens (including phenoxy) is 1. The summed E-state index contributed by atoms with van der Waals surface area (Å²) in [6.07, 6.45) is -0.262. The van der Waals surface area contributed by atoms with Crippen LogP contribution in [0.5, 0.6) is 0 Å². The van der Waals surface area contributed by atoms with Crippen molar-refractivity contribution in [1.29, 1.82) is 0 Å². The van der Waals surface area contributed by atoms with Crippen molar-refractivity contribution in [1.82, 2.24) is 15.5 Å². The third kappa shape index (κ3) is 5.35. The Morgan fingerprint density at radius 1 is 1.28 bits per heavy atom. The normalized spacial score (nSPS) is 16.1. The quantitative estimate of drug-likeness (QED) is 0.712. The molecule has 0 aromatic heterocycles. The third-order valence-corrected chi connectivity index (χ3v) is 2.47. The molecule has 1 rings (SSSR count). The smallest absolute Gasteiger partial charge is 0.410 e. The number of hydrogen-bond acceptors (Lipinski definition) is 4. The van der Waals surface area contributed by atoms with E-state index in [2.05, 4.69) is 10.6 Å². The topological polar surface area (TPSA) is 70.7 Å². The van der Waals surface area contributed by atoms with Crippen molar-refractivity contribution in [3.8, 4) is 0 Å². The van der Waals surface area contributed by atoms with Crippen molar-refractivity contribution < 1.29 is 14.3 Å². The first-order valence-corrected chi connectivity index (χ1v) is 6.23. The van der Waals surface area contributed by atoms with Crippen LogP contribution < -0.4 is 10.6 Å². The first-order valence-electron chi connectivity index (χ1n) is 6.23. The molecule has 0 spiro atoms. The Labute approximate surface area is 108 Å². The molecule has 6 nitrogen and oxygen atoms in total. The highest BCUT2D eigenvalue weighted by molar-refractivity contribution is 5.72. The minimum Gasteiger partial charge on any atom is -0.444 e. The van der Waals surface area contributed by atoms with Crippen molar-refractivity contribution >= 4 is 12.0 Å². The molecule has 104 valence electrons. The summed E-state index contributed by atoms with van der Waals surface area (Å²) >= 11 is 0. The van der Waals surface area contributed by atoms with Gasteiger partial charge in [-0.05, 0) is 20.8 Å². The highest BCUT2D eigenvalue weighted by Gasteiger charge is 2.33. The number of rotatable bonds is 4. The third-order valence-electron chi connectivity index (χ3n) is 2.47. The fourth-order valence-corrected chi connectivity index (χ4v) is 1.60. The summed E-state index contributed by atoms with van der Waals surface area (Å²) in [5, 5.41) is 5.97. The van der Waals surface area contributed by atoms with E-state index in [1.54, 1.807) is 4.90 Å². The molecule has 1 aliphatic heterocycles. The Morgan fingerprint density at radius 3 is 2.39 bits per heavy atom. The van der Waals surface area contributed by atoms with Gasteiger partial charge in [-0.1, -0.05) is 0 Å². The summed E-state index contributed by atoms with van der Waals surface area (Å²) in [7, 11) is 0. The minimum atomic E-state index is -0.443. The molecule has 0 aromatic carbocycles. The van der Waals surface area contributed by atoms with Gasteiger partial charge in [0, 0.05) is 39.1 Å². The minimum absolute atomic E-state index is 0.0270. The van der Waals surface area contributed by atoms with E-state index in [1.807, 2.05) is 20.8 Å². The number of hydrogen-bond donors (Lipinski definition) is 2. The predicted molar refractivity (Wildman–Crippen MR) is 68.3 cm³/mol. The van der Waals surface area contributed by atoms with Crippen LogP contribution in [0.15, 0.2) is 0 Å². The molecule has 18 heavy (non-hydrogen) atoms.